The summed E-state index contributed by atoms with van der Waals surface area (Å²) in [7, 11) is -1.03. The second-order valence-corrected chi connectivity index (χ2v) is 9.42. The normalized spacial score (nSPS) is 11.2. The number of ether oxygens (including phenoxy) is 2. The number of hydrogen-bond donors (Lipinski definition) is 1. The molecule has 0 spiro atoms. The van der Waals surface area contributed by atoms with Gasteiger partial charge in [0.2, 0.25) is 0 Å². The fraction of sp³-hybridized carbons (Fsp3) is 0.857. The molecular weight excluding hydrogens is 174 g/mol. The van der Waals surface area contributed by atoms with Gasteiger partial charge in [-0.25, -0.2) is 4.79 Å². The zero-order valence-electron chi connectivity index (χ0n) is 7.92. The van der Waals surface area contributed by atoms with Gasteiger partial charge >= 0.3 is 6.09 Å². The Morgan fingerprint density at radius 3 is 2.42 bits per heavy atom. The molecule has 0 saturated carbocycles. The minimum atomic E-state index is -1.03. The Kier molecular flexibility index (Phi) is 4.92. The Labute approximate surface area is 74.0 Å². The molecule has 0 radical (unpaired) electrons. The van der Waals surface area contributed by atoms with Crippen LogP contribution in [0.3, 0.4) is 0 Å². The summed E-state index contributed by atoms with van der Waals surface area (Å²) >= 11 is 0. The fourth-order valence-corrected chi connectivity index (χ4v) is 1.29. The van der Waals surface area contributed by atoms with Gasteiger partial charge in [0.25, 0.3) is 0 Å². The van der Waals surface area contributed by atoms with E-state index in [4.69, 9.17) is 10.5 Å². The second kappa shape index (κ2) is 5.16. The van der Waals surface area contributed by atoms with Gasteiger partial charge in [0, 0.05) is 14.7 Å². The van der Waals surface area contributed by atoms with Crippen molar-refractivity contribution < 1.29 is 14.3 Å². The van der Waals surface area contributed by atoms with E-state index in [1.807, 2.05) is 0 Å². The minimum absolute atomic E-state index is 0.0280. The maximum Gasteiger partial charge on any atom is 0.406 e. The lowest BCUT2D eigenvalue weighted by Crippen LogP contribution is -2.22. The van der Waals surface area contributed by atoms with Crippen LogP contribution in [0.2, 0.25) is 25.7 Å². The van der Waals surface area contributed by atoms with Crippen LogP contribution < -0.4 is 5.73 Å². The first-order valence-electron chi connectivity index (χ1n) is 3.92. The van der Waals surface area contributed by atoms with Crippen LogP contribution >= 0.6 is 0 Å². The number of carbonyl (C=O) groups is 1. The molecule has 72 valence electrons. The minimum Gasteiger partial charge on any atom is -0.422 e. The second-order valence-electron chi connectivity index (χ2n) is 3.80. The fourth-order valence-electron chi connectivity index (χ4n) is 0.537. The standard InChI is InChI=1S/C7H17NO3Si/c1-12(2,3)5-4-10-6-11-7(8)9/h4-6H2,1-3H3,(H2,8,9). The quantitative estimate of drug-likeness (QED) is 0.406. The summed E-state index contributed by atoms with van der Waals surface area (Å²) in [5, 5.41) is 0. The van der Waals surface area contributed by atoms with Gasteiger partial charge in [0.15, 0.2) is 6.79 Å². The highest BCUT2D eigenvalue weighted by atomic mass is 28.3. The Balaban J connectivity index is 3.17. The first-order valence-corrected chi connectivity index (χ1v) is 7.62. The van der Waals surface area contributed by atoms with Crippen LogP contribution in [-0.4, -0.2) is 27.6 Å². The number of nitrogens with two attached hydrogens (primary N) is 1. The highest BCUT2D eigenvalue weighted by molar-refractivity contribution is 6.76. The Bertz CT molecular complexity index is 144. The van der Waals surface area contributed by atoms with E-state index in [1.165, 1.54) is 0 Å². The van der Waals surface area contributed by atoms with E-state index in [-0.39, 0.29) is 6.79 Å². The molecule has 0 aromatic heterocycles. The Hall–Kier alpha value is -0.553. The van der Waals surface area contributed by atoms with Gasteiger partial charge in [0.1, 0.15) is 0 Å². The van der Waals surface area contributed by atoms with Crippen molar-refractivity contribution in [3.8, 4) is 0 Å². The predicted octanol–water partition coefficient (Wildman–Crippen LogP) is 1.39. The smallest absolute Gasteiger partial charge is 0.406 e. The zero-order chi connectivity index (χ0) is 9.61. The van der Waals surface area contributed by atoms with Gasteiger partial charge in [-0.1, -0.05) is 19.6 Å². The van der Waals surface area contributed by atoms with Crippen molar-refractivity contribution in [2.75, 3.05) is 13.4 Å². The molecule has 1 amide bonds. The molecule has 0 aliphatic carbocycles. The molecule has 0 aromatic carbocycles. The van der Waals surface area contributed by atoms with Crippen molar-refractivity contribution in [2.24, 2.45) is 5.73 Å². The van der Waals surface area contributed by atoms with Gasteiger partial charge in [-0.3, -0.25) is 0 Å². The highest BCUT2D eigenvalue weighted by Crippen LogP contribution is 2.07. The van der Waals surface area contributed by atoms with Gasteiger partial charge in [0.05, 0.1) is 0 Å². The molecule has 0 aliphatic heterocycles. The van der Waals surface area contributed by atoms with Crippen LogP contribution in [0.25, 0.3) is 0 Å². The first kappa shape index (κ1) is 11.4. The molecule has 0 bridgehead atoms. The van der Waals surface area contributed by atoms with E-state index in [2.05, 4.69) is 24.4 Å². The Morgan fingerprint density at radius 2 is 2.00 bits per heavy atom. The third-order valence-corrected chi connectivity index (χ3v) is 2.99. The summed E-state index contributed by atoms with van der Waals surface area (Å²) in [5.74, 6) is 0. The van der Waals surface area contributed by atoms with Crippen LogP contribution in [0.4, 0.5) is 4.79 Å². The molecule has 0 rings (SSSR count). The summed E-state index contributed by atoms with van der Waals surface area (Å²) in [4.78, 5) is 10.1. The third kappa shape index (κ3) is 9.45. The molecule has 0 aromatic rings. The van der Waals surface area contributed by atoms with Crippen molar-refractivity contribution >= 4 is 14.2 Å². The summed E-state index contributed by atoms with van der Waals surface area (Å²) in [5.41, 5.74) is 4.73. The largest absolute Gasteiger partial charge is 0.422 e. The lowest BCUT2D eigenvalue weighted by molar-refractivity contribution is -0.00640. The molecule has 0 saturated heterocycles. The van der Waals surface area contributed by atoms with Gasteiger partial charge in [-0.15, -0.1) is 0 Å². The van der Waals surface area contributed by atoms with E-state index in [0.717, 1.165) is 6.04 Å². The summed E-state index contributed by atoms with van der Waals surface area (Å²) in [6.45, 7) is 7.38. The number of rotatable bonds is 5. The van der Waals surface area contributed by atoms with E-state index in [1.54, 1.807) is 0 Å². The van der Waals surface area contributed by atoms with E-state index < -0.39 is 14.2 Å². The molecule has 5 heteroatoms. The number of primary amides is 1. The number of hydrogen-bond acceptors (Lipinski definition) is 3. The van der Waals surface area contributed by atoms with Crippen molar-refractivity contribution in [1.29, 1.82) is 0 Å². The van der Waals surface area contributed by atoms with Crippen LogP contribution in [0.5, 0.6) is 0 Å². The van der Waals surface area contributed by atoms with E-state index in [9.17, 15) is 4.79 Å². The Morgan fingerprint density at radius 1 is 1.42 bits per heavy atom. The molecule has 0 atom stereocenters. The summed E-state index contributed by atoms with van der Waals surface area (Å²) in [6, 6.07) is 1.06. The van der Waals surface area contributed by atoms with Crippen LogP contribution in [0.1, 0.15) is 0 Å². The topological polar surface area (TPSA) is 61.6 Å². The average molecular weight is 191 g/mol. The van der Waals surface area contributed by atoms with Gasteiger partial charge in [-0.05, 0) is 6.04 Å². The first-order chi connectivity index (χ1) is 5.42. The lowest BCUT2D eigenvalue weighted by atomic mass is 10.8. The molecule has 12 heavy (non-hydrogen) atoms. The monoisotopic (exact) mass is 191 g/mol. The molecule has 0 unspecified atom stereocenters. The predicted molar refractivity (Wildman–Crippen MR) is 49.6 cm³/mol. The van der Waals surface area contributed by atoms with Crippen molar-refractivity contribution in [2.45, 2.75) is 25.7 Å². The third-order valence-electron chi connectivity index (χ3n) is 1.28. The molecule has 0 aliphatic rings. The summed E-state index contributed by atoms with van der Waals surface area (Å²) < 4.78 is 9.42. The molecule has 4 nitrogen and oxygen atoms in total. The summed E-state index contributed by atoms with van der Waals surface area (Å²) in [6.07, 6.45) is -0.789. The van der Waals surface area contributed by atoms with Crippen LogP contribution in [0, 0.1) is 0 Å². The van der Waals surface area contributed by atoms with Gasteiger partial charge in [-0.2, -0.15) is 0 Å². The van der Waals surface area contributed by atoms with E-state index in [0.29, 0.717) is 6.61 Å². The van der Waals surface area contributed by atoms with Crippen molar-refractivity contribution in [3.05, 3.63) is 0 Å². The van der Waals surface area contributed by atoms with Crippen molar-refractivity contribution in [1.82, 2.24) is 0 Å². The molecule has 2 N–H and O–H groups in total. The SMILES string of the molecule is C[Si](C)(C)CCOCOC(N)=O. The maximum atomic E-state index is 10.1. The number of amides is 1. The molecular formula is C7H17NO3Si. The molecule has 0 fully saturated rings. The zero-order valence-corrected chi connectivity index (χ0v) is 8.92. The lowest BCUT2D eigenvalue weighted by Gasteiger charge is -2.14. The van der Waals surface area contributed by atoms with Crippen molar-refractivity contribution in [3.63, 3.8) is 0 Å². The van der Waals surface area contributed by atoms with Crippen LogP contribution in [-0.2, 0) is 9.47 Å². The van der Waals surface area contributed by atoms with E-state index >= 15 is 0 Å². The highest BCUT2D eigenvalue weighted by Gasteiger charge is 2.11. The molecule has 0 heterocycles. The van der Waals surface area contributed by atoms with Crippen LogP contribution in [0.15, 0.2) is 0 Å². The number of carbonyl (C=O) groups excluding carboxylic acids is 1. The average Bonchev–Trinajstić information content (AvgIpc) is 1.83. The van der Waals surface area contributed by atoms with Gasteiger partial charge < -0.3 is 15.2 Å². The maximum absolute atomic E-state index is 10.1.